The first-order valence-corrected chi connectivity index (χ1v) is 12.1. The van der Waals surface area contributed by atoms with E-state index in [0.717, 1.165) is 11.5 Å². The summed E-state index contributed by atoms with van der Waals surface area (Å²) in [6.45, 7) is 7.30. The minimum Gasteiger partial charge on any atom is -0.454 e. The van der Waals surface area contributed by atoms with Crippen LogP contribution in [0, 0.1) is 0 Å². The molecule has 2 rings (SSSR count). The van der Waals surface area contributed by atoms with Crippen molar-refractivity contribution >= 4 is 13.3 Å². The maximum atomic E-state index is 5.52. The minimum absolute atomic E-state index is 0.350. The van der Waals surface area contributed by atoms with Gasteiger partial charge in [0.15, 0.2) is 11.5 Å². The molecular weight excluding hydrogens is 315 g/mol. The monoisotopic (exact) mass is 349 g/mol. The van der Waals surface area contributed by atoms with Crippen molar-refractivity contribution in [1.29, 1.82) is 0 Å². The predicted octanol–water partition coefficient (Wildman–Crippen LogP) is 6.80. The van der Waals surface area contributed by atoms with Gasteiger partial charge in [-0.05, 0) is 43.0 Å². The molecule has 3 heteroatoms. The van der Waals surface area contributed by atoms with E-state index in [4.69, 9.17) is 9.47 Å². The fourth-order valence-electron chi connectivity index (χ4n) is 3.24. The van der Waals surface area contributed by atoms with Gasteiger partial charge in [0.05, 0.1) is 24.3 Å². The molecule has 134 valence electrons. The molecule has 1 heterocycles. The molecule has 1 aromatic rings. The molecule has 1 aliphatic rings. The van der Waals surface area contributed by atoms with Gasteiger partial charge in [0.2, 0.25) is 6.79 Å². The van der Waals surface area contributed by atoms with Crippen LogP contribution in [-0.2, 0) is 0 Å². The highest BCUT2D eigenvalue weighted by Crippen LogP contribution is 2.62. The third-order valence-corrected chi connectivity index (χ3v) is 9.25. The summed E-state index contributed by atoms with van der Waals surface area (Å²) in [5.74, 6) is 4.37. The summed E-state index contributed by atoms with van der Waals surface area (Å²) in [7, 11) is -0.984. The molecule has 2 nitrogen and oxygen atoms in total. The summed E-state index contributed by atoms with van der Waals surface area (Å²) in [4.78, 5) is 0. The highest BCUT2D eigenvalue weighted by molar-refractivity contribution is 7.78. The van der Waals surface area contributed by atoms with Gasteiger partial charge in [-0.3, -0.25) is 0 Å². The van der Waals surface area contributed by atoms with E-state index in [2.05, 4.69) is 44.8 Å². The molecule has 24 heavy (non-hydrogen) atoms. The van der Waals surface area contributed by atoms with Crippen LogP contribution in [-0.4, -0.2) is 25.3 Å². The fraction of sp³-hybridized carbons (Fsp3) is 0.619. The standard InChI is InChI=1S/C21H34O2P/c1-4-7-13-24(14-8-5-2,15-9-6-3)16-12-19-10-11-20-21(17-19)23-18-22-20/h10-12,16-17H,4-9,13-15,18H2,1-3H3/q+1/b16-12+. The zero-order valence-electron chi connectivity index (χ0n) is 15.7. The van der Waals surface area contributed by atoms with Gasteiger partial charge in [-0.2, -0.15) is 0 Å². The average Bonchev–Trinajstić information content (AvgIpc) is 3.08. The van der Waals surface area contributed by atoms with E-state index in [-0.39, 0.29) is 0 Å². The second-order valence-corrected chi connectivity index (χ2v) is 11.0. The number of rotatable bonds is 11. The van der Waals surface area contributed by atoms with Crippen molar-refractivity contribution in [3.05, 3.63) is 29.6 Å². The van der Waals surface area contributed by atoms with E-state index in [9.17, 15) is 0 Å². The van der Waals surface area contributed by atoms with Crippen LogP contribution in [0.5, 0.6) is 11.5 Å². The van der Waals surface area contributed by atoms with E-state index >= 15 is 0 Å². The number of hydrogen-bond acceptors (Lipinski definition) is 2. The smallest absolute Gasteiger partial charge is 0.231 e. The quantitative estimate of drug-likeness (QED) is 0.409. The summed E-state index contributed by atoms with van der Waals surface area (Å²) in [5, 5.41) is 0. The van der Waals surface area contributed by atoms with Crippen LogP contribution >= 0.6 is 7.26 Å². The van der Waals surface area contributed by atoms with Gasteiger partial charge in [0.1, 0.15) is 0 Å². The maximum Gasteiger partial charge on any atom is 0.231 e. The molecule has 0 saturated carbocycles. The summed E-state index contributed by atoms with van der Waals surface area (Å²) in [6, 6.07) is 6.30. The van der Waals surface area contributed by atoms with Crippen LogP contribution in [0.2, 0.25) is 0 Å². The van der Waals surface area contributed by atoms with Gasteiger partial charge in [-0.25, -0.2) is 0 Å². The van der Waals surface area contributed by atoms with E-state index in [1.54, 1.807) is 0 Å². The number of fused-ring (bicyclic) bond motifs is 1. The molecule has 0 radical (unpaired) electrons. The number of benzene rings is 1. The lowest BCUT2D eigenvalue weighted by Crippen LogP contribution is -2.06. The predicted molar refractivity (Wildman–Crippen MR) is 108 cm³/mol. The first-order chi connectivity index (χ1) is 11.7. The Bertz CT molecular complexity index is 503. The van der Waals surface area contributed by atoms with Gasteiger partial charge in [-0.1, -0.05) is 46.1 Å². The van der Waals surface area contributed by atoms with Crippen LogP contribution < -0.4 is 9.47 Å². The highest BCUT2D eigenvalue weighted by atomic mass is 31.2. The lowest BCUT2D eigenvalue weighted by molar-refractivity contribution is 0.174. The molecule has 0 fully saturated rings. The summed E-state index contributed by atoms with van der Waals surface area (Å²) >= 11 is 0. The lowest BCUT2D eigenvalue weighted by atomic mass is 10.2. The first-order valence-electron chi connectivity index (χ1n) is 9.67. The third-order valence-electron chi connectivity index (χ3n) is 4.85. The van der Waals surface area contributed by atoms with Gasteiger partial charge in [0, 0.05) is 7.26 Å². The molecule has 0 aromatic heterocycles. The Balaban J connectivity index is 2.16. The minimum atomic E-state index is -0.984. The molecule has 0 atom stereocenters. The van der Waals surface area contributed by atoms with Gasteiger partial charge in [-0.15, -0.1) is 0 Å². The van der Waals surface area contributed by atoms with Crippen molar-refractivity contribution in [3.63, 3.8) is 0 Å². The normalized spacial score (nSPS) is 13.8. The molecule has 0 N–H and O–H groups in total. The van der Waals surface area contributed by atoms with Gasteiger partial charge in [0.25, 0.3) is 0 Å². The third kappa shape index (κ3) is 5.52. The average molecular weight is 349 g/mol. The molecule has 0 bridgehead atoms. The Morgan fingerprint density at radius 1 is 0.875 bits per heavy atom. The molecular formula is C21H34O2P+. The molecule has 0 unspecified atom stereocenters. The molecule has 0 aliphatic carbocycles. The van der Waals surface area contributed by atoms with E-state index < -0.39 is 7.26 Å². The van der Waals surface area contributed by atoms with Crippen molar-refractivity contribution in [2.24, 2.45) is 0 Å². The van der Waals surface area contributed by atoms with Crippen LogP contribution in [0.3, 0.4) is 0 Å². The largest absolute Gasteiger partial charge is 0.454 e. The zero-order chi connectivity index (χ0) is 17.3. The lowest BCUT2D eigenvalue weighted by Gasteiger charge is -2.24. The Morgan fingerprint density at radius 3 is 2.04 bits per heavy atom. The summed E-state index contributed by atoms with van der Waals surface area (Å²) in [5.41, 5.74) is 1.24. The molecule has 0 saturated heterocycles. The van der Waals surface area contributed by atoms with E-state index in [1.807, 2.05) is 6.07 Å². The van der Waals surface area contributed by atoms with Crippen molar-refractivity contribution in [2.45, 2.75) is 59.3 Å². The first kappa shape index (κ1) is 19.3. The van der Waals surface area contributed by atoms with Crippen LogP contribution in [0.1, 0.15) is 64.9 Å². The van der Waals surface area contributed by atoms with Crippen LogP contribution in [0.4, 0.5) is 0 Å². The molecule has 1 aliphatic heterocycles. The summed E-state index contributed by atoms with van der Waals surface area (Å²) in [6.07, 6.45) is 14.6. The van der Waals surface area contributed by atoms with E-state index in [1.165, 1.54) is 62.6 Å². The maximum absolute atomic E-state index is 5.52. The topological polar surface area (TPSA) is 18.5 Å². The van der Waals surface area contributed by atoms with Gasteiger partial charge < -0.3 is 9.47 Å². The van der Waals surface area contributed by atoms with E-state index in [0.29, 0.717) is 6.79 Å². The molecule has 0 amide bonds. The van der Waals surface area contributed by atoms with Crippen molar-refractivity contribution in [3.8, 4) is 11.5 Å². The number of hydrogen-bond donors (Lipinski definition) is 0. The molecule has 0 spiro atoms. The van der Waals surface area contributed by atoms with Crippen molar-refractivity contribution in [2.75, 3.05) is 25.3 Å². The Morgan fingerprint density at radius 2 is 1.46 bits per heavy atom. The number of ether oxygens (including phenoxy) is 2. The Hall–Kier alpha value is -1.01. The second-order valence-electron chi connectivity index (χ2n) is 6.88. The van der Waals surface area contributed by atoms with Gasteiger partial charge >= 0.3 is 0 Å². The fourth-order valence-corrected chi connectivity index (χ4v) is 7.68. The second kappa shape index (κ2) is 10.1. The van der Waals surface area contributed by atoms with Crippen molar-refractivity contribution in [1.82, 2.24) is 0 Å². The zero-order valence-corrected chi connectivity index (χ0v) is 16.6. The van der Waals surface area contributed by atoms with Crippen molar-refractivity contribution < 1.29 is 9.47 Å². The Kier molecular flexibility index (Phi) is 8.12. The van der Waals surface area contributed by atoms with Crippen LogP contribution in [0.15, 0.2) is 24.0 Å². The SMILES string of the molecule is CCCC[P+](/C=C/c1ccc2c(c1)OCO2)(CCCC)CCCC. The highest BCUT2D eigenvalue weighted by Gasteiger charge is 2.32. The number of unbranched alkanes of at least 4 members (excludes halogenated alkanes) is 3. The molecule has 1 aromatic carbocycles. The summed E-state index contributed by atoms with van der Waals surface area (Å²) < 4.78 is 10.9. The Labute approximate surface area is 149 Å². The van der Waals surface area contributed by atoms with Crippen LogP contribution in [0.25, 0.3) is 6.08 Å².